The van der Waals surface area contributed by atoms with E-state index in [2.05, 4.69) is 22.3 Å². The maximum atomic E-state index is 13.9. The third-order valence-corrected chi connectivity index (χ3v) is 6.03. The van der Waals surface area contributed by atoms with Crippen LogP contribution in [0.2, 0.25) is 0 Å². The molecule has 0 bridgehead atoms. The van der Waals surface area contributed by atoms with Gasteiger partial charge < -0.3 is 15.1 Å². The fourth-order valence-corrected chi connectivity index (χ4v) is 4.22. The number of rotatable bonds is 7. The normalized spacial score (nSPS) is 12.7. The van der Waals surface area contributed by atoms with Crippen LogP contribution in [0.1, 0.15) is 34.8 Å². The Morgan fingerprint density at radius 3 is 2.37 bits per heavy atom. The van der Waals surface area contributed by atoms with E-state index in [1.807, 2.05) is 31.2 Å². The van der Waals surface area contributed by atoms with Crippen LogP contribution in [0, 0.1) is 17.5 Å². The van der Waals surface area contributed by atoms with Crippen LogP contribution in [-0.2, 0) is 17.8 Å². The molecule has 0 aliphatic carbocycles. The van der Waals surface area contributed by atoms with E-state index in [0.717, 1.165) is 37.3 Å². The molecule has 35 heavy (non-hydrogen) atoms. The van der Waals surface area contributed by atoms with Gasteiger partial charge in [0.05, 0.1) is 5.69 Å². The summed E-state index contributed by atoms with van der Waals surface area (Å²) >= 11 is 0. The lowest BCUT2D eigenvalue weighted by Gasteiger charge is -2.31. The van der Waals surface area contributed by atoms with E-state index in [0.29, 0.717) is 18.5 Å². The Morgan fingerprint density at radius 1 is 0.943 bits per heavy atom. The molecule has 0 unspecified atom stereocenters. The number of fused-ring (bicyclic) bond motifs is 1. The standard InChI is InChI=1S/C27H26F3N3O2/c1-2-14-33(17-24(34)31-23-12-11-22(28)25(29)26(23)30)27(35)19-7-9-21(10-8-19)32-15-13-18-5-3-4-6-20(18)16-32/h3-12H,2,13-17H2,1H3,(H,31,34). The molecule has 0 aromatic heterocycles. The number of nitrogens with one attached hydrogen (secondary N) is 1. The number of nitrogens with zero attached hydrogens (tertiary/aromatic N) is 2. The van der Waals surface area contributed by atoms with Crippen molar-refractivity contribution in [3.63, 3.8) is 0 Å². The van der Waals surface area contributed by atoms with Crippen LogP contribution in [0.4, 0.5) is 24.5 Å². The van der Waals surface area contributed by atoms with Gasteiger partial charge >= 0.3 is 0 Å². The van der Waals surface area contributed by atoms with Crippen LogP contribution < -0.4 is 10.2 Å². The van der Waals surface area contributed by atoms with Gasteiger partial charge in [-0.1, -0.05) is 31.2 Å². The summed E-state index contributed by atoms with van der Waals surface area (Å²) in [5.41, 5.74) is 3.59. The first-order valence-electron chi connectivity index (χ1n) is 11.5. The monoisotopic (exact) mass is 481 g/mol. The van der Waals surface area contributed by atoms with E-state index in [-0.39, 0.29) is 12.5 Å². The zero-order chi connectivity index (χ0) is 24.9. The summed E-state index contributed by atoms with van der Waals surface area (Å²) in [5.74, 6) is -5.55. The Bertz CT molecular complexity index is 1230. The summed E-state index contributed by atoms with van der Waals surface area (Å²) in [6, 6.07) is 17.3. The predicted octanol–water partition coefficient (Wildman–Crippen LogP) is 5.16. The summed E-state index contributed by atoms with van der Waals surface area (Å²) in [4.78, 5) is 29.1. The average molecular weight is 482 g/mol. The molecule has 0 saturated heterocycles. The van der Waals surface area contributed by atoms with Gasteiger partial charge in [-0.3, -0.25) is 9.59 Å². The molecule has 4 rings (SSSR count). The second kappa shape index (κ2) is 10.6. The molecular formula is C27H26F3N3O2. The van der Waals surface area contributed by atoms with Crippen molar-refractivity contribution in [2.24, 2.45) is 0 Å². The van der Waals surface area contributed by atoms with Gasteiger partial charge in [0.1, 0.15) is 6.54 Å². The Morgan fingerprint density at radius 2 is 1.66 bits per heavy atom. The van der Waals surface area contributed by atoms with E-state index < -0.39 is 29.0 Å². The van der Waals surface area contributed by atoms with Crippen LogP contribution in [-0.4, -0.2) is 36.3 Å². The van der Waals surface area contributed by atoms with E-state index in [4.69, 9.17) is 0 Å². The molecule has 1 heterocycles. The minimum Gasteiger partial charge on any atom is -0.367 e. The van der Waals surface area contributed by atoms with Gasteiger partial charge in [-0.05, 0) is 60.4 Å². The molecule has 1 N–H and O–H groups in total. The lowest BCUT2D eigenvalue weighted by atomic mass is 9.99. The summed E-state index contributed by atoms with van der Waals surface area (Å²) < 4.78 is 40.5. The fraction of sp³-hybridized carbons (Fsp3) is 0.259. The van der Waals surface area contributed by atoms with Gasteiger partial charge in [0.25, 0.3) is 5.91 Å². The zero-order valence-electron chi connectivity index (χ0n) is 19.4. The SMILES string of the molecule is CCCN(CC(=O)Nc1ccc(F)c(F)c1F)C(=O)c1ccc(N2CCc3ccccc3C2)cc1. The molecule has 3 aromatic rings. The molecule has 5 nitrogen and oxygen atoms in total. The van der Waals surface area contributed by atoms with E-state index in [9.17, 15) is 22.8 Å². The molecule has 2 amide bonds. The second-order valence-corrected chi connectivity index (χ2v) is 8.48. The number of carbonyl (C=O) groups is 2. The summed E-state index contributed by atoms with van der Waals surface area (Å²) in [5, 5.41) is 2.21. The highest BCUT2D eigenvalue weighted by molar-refractivity contribution is 5.99. The Labute approximate surface area is 202 Å². The molecular weight excluding hydrogens is 455 g/mol. The molecule has 0 saturated carbocycles. The molecule has 3 aromatic carbocycles. The molecule has 8 heteroatoms. The lowest BCUT2D eigenvalue weighted by Crippen LogP contribution is -2.38. The lowest BCUT2D eigenvalue weighted by molar-refractivity contribution is -0.116. The van der Waals surface area contributed by atoms with E-state index in [1.165, 1.54) is 16.0 Å². The topological polar surface area (TPSA) is 52.7 Å². The van der Waals surface area contributed by atoms with Gasteiger partial charge in [0, 0.05) is 30.9 Å². The molecule has 182 valence electrons. The third kappa shape index (κ3) is 5.48. The first kappa shape index (κ1) is 24.3. The predicted molar refractivity (Wildman–Crippen MR) is 129 cm³/mol. The molecule has 1 aliphatic rings. The first-order chi connectivity index (χ1) is 16.9. The van der Waals surface area contributed by atoms with Crippen molar-refractivity contribution in [1.29, 1.82) is 0 Å². The van der Waals surface area contributed by atoms with E-state index in [1.54, 1.807) is 12.1 Å². The van der Waals surface area contributed by atoms with Crippen LogP contribution in [0.15, 0.2) is 60.7 Å². The second-order valence-electron chi connectivity index (χ2n) is 8.48. The minimum atomic E-state index is -1.67. The first-order valence-corrected chi connectivity index (χ1v) is 11.5. The van der Waals surface area contributed by atoms with Crippen molar-refractivity contribution in [1.82, 2.24) is 4.90 Å². The van der Waals surface area contributed by atoms with Crippen LogP contribution in [0.5, 0.6) is 0 Å². The largest absolute Gasteiger partial charge is 0.367 e. The molecule has 0 fully saturated rings. The number of anilines is 2. The van der Waals surface area contributed by atoms with Crippen molar-refractivity contribution in [2.75, 3.05) is 29.9 Å². The summed E-state index contributed by atoms with van der Waals surface area (Å²) in [6.45, 7) is 3.50. The van der Waals surface area contributed by atoms with Crippen molar-refractivity contribution in [3.8, 4) is 0 Å². The number of hydrogen-bond acceptors (Lipinski definition) is 3. The van der Waals surface area contributed by atoms with Gasteiger partial charge in [0.15, 0.2) is 17.5 Å². The van der Waals surface area contributed by atoms with Crippen molar-refractivity contribution < 1.29 is 22.8 Å². The average Bonchev–Trinajstić information content (AvgIpc) is 2.88. The number of amides is 2. The highest BCUT2D eigenvalue weighted by Gasteiger charge is 2.21. The minimum absolute atomic E-state index is 0.303. The van der Waals surface area contributed by atoms with Crippen molar-refractivity contribution >= 4 is 23.2 Å². The van der Waals surface area contributed by atoms with Gasteiger partial charge in [0.2, 0.25) is 5.91 Å². The zero-order valence-corrected chi connectivity index (χ0v) is 19.4. The smallest absolute Gasteiger partial charge is 0.254 e. The van der Waals surface area contributed by atoms with Crippen molar-refractivity contribution in [3.05, 3.63) is 94.8 Å². The van der Waals surface area contributed by atoms with Gasteiger partial charge in [-0.2, -0.15) is 0 Å². The number of benzene rings is 3. The maximum absolute atomic E-state index is 13.9. The number of hydrogen-bond donors (Lipinski definition) is 1. The van der Waals surface area contributed by atoms with Crippen molar-refractivity contribution in [2.45, 2.75) is 26.3 Å². The Kier molecular flexibility index (Phi) is 7.39. The van der Waals surface area contributed by atoms with Crippen LogP contribution in [0.3, 0.4) is 0 Å². The Hall–Kier alpha value is -3.81. The van der Waals surface area contributed by atoms with Crippen LogP contribution >= 0.6 is 0 Å². The highest BCUT2D eigenvalue weighted by Crippen LogP contribution is 2.25. The van der Waals surface area contributed by atoms with E-state index >= 15 is 0 Å². The van der Waals surface area contributed by atoms with Gasteiger partial charge in [-0.25, -0.2) is 13.2 Å². The summed E-state index contributed by atoms with van der Waals surface area (Å²) in [7, 11) is 0. The molecule has 0 spiro atoms. The van der Waals surface area contributed by atoms with Gasteiger partial charge in [-0.15, -0.1) is 0 Å². The third-order valence-electron chi connectivity index (χ3n) is 6.03. The Balaban J connectivity index is 1.42. The molecule has 1 aliphatic heterocycles. The highest BCUT2D eigenvalue weighted by atomic mass is 19.2. The summed E-state index contributed by atoms with van der Waals surface area (Å²) in [6.07, 6.45) is 1.55. The number of carbonyl (C=O) groups excluding carboxylic acids is 2. The fourth-order valence-electron chi connectivity index (χ4n) is 4.22. The molecule has 0 atom stereocenters. The number of halogens is 3. The molecule has 0 radical (unpaired) electrons. The van der Waals surface area contributed by atoms with Crippen LogP contribution in [0.25, 0.3) is 0 Å². The maximum Gasteiger partial charge on any atom is 0.254 e. The quantitative estimate of drug-likeness (QED) is 0.475.